The molecule has 0 aliphatic rings. The Bertz CT molecular complexity index is 985. The molecule has 0 fully saturated rings. The number of nitrogens with two attached hydrogens (primary N) is 1. The molecular formula is C20H22N4O3. The monoisotopic (exact) mass is 366 g/mol. The van der Waals surface area contributed by atoms with Gasteiger partial charge in [0.15, 0.2) is 11.5 Å². The number of benzene rings is 2. The van der Waals surface area contributed by atoms with Gasteiger partial charge in [-0.3, -0.25) is 9.78 Å². The van der Waals surface area contributed by atoms with Crippen LogP contribution in [0, 0.1) is 0 Å². The third kappa shape index (κ3) is 3.57. The third-order valence-corrected chi connectivity index (χ3v) is 4.29. The van der Waals surface area contributed by atoms with Crippen molar-refractivity contribution in [2.45, 2.75) is 0 Å². The summed E-state index contributed by atoms with van der Waals surface area (Å²) < 4.78 is 10.7. The summed E-state index contributed by atoms with van der Waals surface area (Å²) in [6, 6.07) is 11.4. The van der Waals surface area contributed by atoms with Crippen LogP contribution in [0.2, 0.25) is 0 Å². The molecule has 3 rings (SSSR count). The molecule has 0 atom stereocenters. The summed E-state index contributed by atoms with van der Waals surface area (Å²) in [6.45, 7) is 0. The smallest absolute Gasteiger partial charge is 0.252 e. The first kappa shape index (κ1) is 18.3. The Morgan fingerprint density at radius 3 is 2.26 bits per heavy atom. The Labute approximate surface area is 157 Å². The lowest BCUT2D eigenvalue weighted by Crippen LogP contribution is -2.14. The number of hydrogen-bond acceptors (Lipinski definition) is 6. The summed E-state index contributed by atoms with van der Waals surface area (Å²) in [5.74, 6) is 0.539. The lowest BCUT2D eigenvalue weighted by atomic mass is 10.1. The van der Waals surface area contributed by atoms with Crippen molar-refractivity contribution in [2.75, 3.05) is 38.5 Å². The summed E-state index contributed by atoms with van der Waals surface area (Å²) in [4.78, 5) is 18.3. The van der Waals surface area contributed by atoms with E-state index in [1.165, 1.54) is 6.20 Å². The second-order valence-electron chi connectivity index (χ2n) is 6.20. The number of ether oxygens (including phenoxy) is 2. The van der Waals surface area contributed by atoms with Crippen molar-refractivity contribution >= 4 is 33.9 Å². The number of amides is 1. The van der Waals surface area contributed by atoms with E-state index < -0.39 is 5.91 Å². The van der Waals surface area contributed by atoms with Gasteiger partial charge in [-0.05, 0) is 30.3 Å². The highest BCUT2D eigenvalue weighted by Crippen LogP contribution is 2.37. The lowest BCUT2D eigenvalue weighted by Gasteiger charge is -2.17. The number of hydrogen-bond donors (Lipinski definition) is 2. The number of rotatable bonds is 6. The van der Waals surface area contributed by atoms with Crippen molar-refractivity contribution in [1.29, 1.82) is 0 Å². The summed E-state index contributed by atoms with van der Waals surface area (Å²) in [5, 5.41) is 4.00. The van der Waals surface area contributed by atoms with E-state index in [1.54, 1.807) is 26.4 Å². The minimum Gasteiger partial charge on any atom is -0.493 e. The number of nitrogens with zero attached hydrogens (tertiary/aromatic N) is 2. The predicted octanol–water partition coefficient (Wildman–Crippen LogP) is 3.16. The Balaban J connectivity index is 2.15. The molecule has 2 aromatic carbocycles. The number of anilines is 3. The molecule has 140 valence electrons. The molecule has 0 unspecified atom stereocenters. The molecule has 0 bridgehead atoms. The maximum Gasteiger partial charge on any atom is 0.252 e. The van der Waals surface area contributed by atoms with Gasteiger partial charge in [0.2, 0.25) is 0 Å². The van der Waals surface area contributed by atoms with Gasteiger partial charge in [0.1, 0.15) is 0 Å². The second-order valence-corrected chi connectivity index (χ2v) is 6.20. The standard InChI is InChI=1S/C20H22N4O3/c1-24(2)13-7-5-12(6-8-13)23-19-14-9-17(26-3)18(27-4)10-16(14)22-11-15(19)20(21)25/h5-11H,1-4H3,(H2,21,25)(H,22,23). The second kappa shape index (κ2) is 7.41. The molecular weight excluding hydrogens is 344 g/mol. The number of fused-ring (bicyclic) bond motifs is 1. The maximum atomic E-state index is 12.0. The molecule has 0 aliphatic heterocycles. The topological polar surface area (TPSA) is 89.7 Å². The summed E-state index contributed by atoms with van der Waals surface area (Å²) in [7, 11) is 7.07. The first-order valence-corrected chi connectivity index (χ1v) is 8.33. The normalized spacial score (nSPS) is 10.5. The van der Waals surface area contributed by atoms with Crippen LogP contribution in [0.4, 0.5) is 17.1 Å². The van der Waals surface area contributed by atoms with Gasteiger partial charge >= 0.3 is 0 Å². The largest absolute Gasteiger partial charge is 0.493 e. The molecule has 0 spiro atoms. The molecule has 0 aliphatic carbocycles. The van der Waals surface area contributed by atoms with Gasteiger partial charge in [-0.1, -0.05) is 0 Å². The number of methoxy groups -OCH3 is 2. The molecule has 1 amide bonds. The van der Waals surface area contributed by atoms with Gasteiger partial charge < -0.3 is 25.4 Å². The molecule has 1 heterocycles. The Hall–Kier alpha value is -3.48. The first-order valence-electron chi connectivity index (χ1n) is 8.33. The van der Waals surface area contributed by atoms with Crippen LogP contribution in [0.15, 0.2) is 42.6 Å². The fourth-order valence-corrected chi connectivity index (χ4v) is 2.83. The number of carbonyl (C=O) groups is 1. The Kier molecular flexibility index (Phi) is 5.03. The van der Waals surface area contributed by atoms with E-state index in [-0.39, 0.29) is 0 Å². The van der Waals surface area contributed by atoms with Crippen LogP contribution in [0.1, 0.15) is 10.4 Å². The number of carbonyl (C=O) groups excluding carboxylic acids is 1. The van der Waals surface area contributed by atoms with Crippen LogP contribution < -0.4 is 25.4 Å². The molecule has 0 radical (unpaired) electrons. The van der Waals surface area contributed by atoms with Crippen LogP contribution in [0.3, 0.4) is 0 Å². The molecule has 7 nitrogen and oxygen atoms in total. The van der Waals surface area contributed by atoms with E-state index in [1.807, 2.05) is 43.3 Å². The molecule has 7 heteroatoms. The molecule has 1 aromatic heterocycles. The highest BCUT2D eigenvalue weighted by molar-refractivity contribution is 6.08. The number of pyridine rings is 1. The fraction of sp³-hybridized carbons (Fsp3) is 0.200. The quantitative estimate of drug-likeness (QED) is 0.696. The zero-order valence-electron chi connectivity index (χ0n) is 15.7. The zero-order valence-corrected chi connectivity index (χ0v) is 15.7. The van der Waals surface area contributed by atoms with Crippen molar-refractivity contribution < 1.29 is 14.3 Å². The lowest BCUT2D eigenvalue weighted by molar-refractivity contribution is 0.100. The summed E-state index contributed by atoms with van der Waals surface area (Å²) >= 11 is 0. The van der Waals surface area contributed by atoms with E-state index in [9.17, 15) is 4.79 Å². The van der Waals surface area contributed by atoms with Crippen molar-refractivity contribution in [3.8, 4) is 11.5 Å². The number of aromatic nitrogens is 1. The van der Waals surface area contributed by atoms with Gasteiger partial charge in [-0.15, -0.1) is 0 Å². The number of primary amides is 1. The van der Waals surface area contributed by atoms with E-state index >= 15 is 0 Å². The highest BCUT2D eigenvalue weighted by Gasteiger charge is 2.16. The molecule has 0 saturated carbocycles. The van der Waals surface area contributed by atoms with E-state index in [0.717, 1.165) is 11.4 Å². The van der Waals surface area contributed by atoms with Crippen LogP contribution in [-0.4, -0.2) is 39.2 Å². The molecule has 3 aromatic rings. The highest BCUT2D eigenvalue weighted by atomic mass is 16.5. The van der Waals surface area contributed by atoms with Crippen molar-refractivity contribution in [2.24, 2.45) is 5.73 Å². The number of nitrogens with one attached hydrogen (secondary N) is 1. The van der Waals surface area contributed by atoms with Crippen molar-refractivity contribution in [3.63, 3.8) is 0 Å². The Morgan fingerprint density at radius 2 is 1.70 bits per heavy atom. The van der Waals surface area contributed by atoms with Gasteiger partial charge in [0, 0.05) is 43.1 Å². The minimum absolute atomic E-state index is 0.298. The van der Waals surface area contributed by atoms with Gasteiger partial charge in [-0.25, -0.2) is 0 Å². The first-order chi connectivity index (χ1) is 12.9. The van der Waals surface area contributed by atoms with Crippen LogP contribution in [-0.2, 0) is 0 Å². The van der Waals surface area contributed by atoms with E-state index in [0.29, 0.717) is 33.7 Å². The minimum atomic E-state index is -0.563. The summed E-state index contributed by atoms with van der Waals surface area (Å²) in [5.41, 5.74) is 8.99. The van der Waals surface area contributed by atoms with Gasteiger partial charge in [0.25, 0.3) is 5.91 Å². The van der Waals surface area contributed by atoms with Crippen molar-refractivity contribution in [3.05, 3.63) is 48.2 Å². The molecule has 0 saturated heterocycles. The maximum absolute atomic E-state index is 12.0. The average Bonchev–Trinajstić information content (AvgIpc) is 2.67. The average molecular weight is 366 g/mol. The SMILES string of the molecule is COc1cc2ncc(C(N)=O)c(Nc3ccc(N(C)C)cc3)c2cc1OC. The predicted molar refractivity (Wildman–Crippen MR) is 107 cm³/mol. The molecule has 27 heavy (non-hydrogen) atoms. The Morgan fingerprint density at radius 1 is 1.07 bits per heavy atom. The van der Waals surface area contributed by atoms with E-state index in [2.05, 4.69) is 10.3 Å². The molecule has 3 N–H and O–H groups in total. The summed E-state index contributed by atoms with van der Waals surface area (Å²) in [6.07, 6.45) is 1.47. The van der Waals surface area contributed by atoms with Gasteiger partial charge in [0.05, 0.1) is 31.0 Å². The van der Waals surface area contributed by atoms with E-state index in [4.69, 9.17) is 15.2 Å². The zero-order chi connectivity index (χ0) is 19.6. The third-order valence-electron chi connectivity index (χ3n) is 4.29. The van der Waals surface area contributed by atoms with Crippen LogP contribution in [0.5, 0.6) is 11.5 Å². The van der Waals surface area contributed by atoms with Gasteiger partial charge in [-0.2, -0.15) is 0 Å². The fourth-order valence-electron chi connectivity index (χ4n) is 2.83. The van der Waals surface area contributed by atoms with Crippen LogP contribution in [0.25, 0.3) is 10.9 Å². The van der Waals surface area contributed by atoms with Crippen LogP contribution >= 0.6 is 0 Å². The van der Waals surface area contributed by atoms with Crippen molar-refractivity contribution in [1.82, 2.24) is 4.98 Å².